The van der Waals surface area contributed by atoms with Gasteiger partial charge in [-0.3, -0.25) is 0 Å². The Morgan fingerprint density at radius 1 is 1.21 bits per heavy atom. The molecule has 0 unspecified atom stereocenters. The molecule has 2 aromatic rings. The van der Waals surface area contributed by atoms with Crippen LogP contribution in [0.3, 0.4) is 0 Å². The molecular weight excluding hydrogens is 274 g/mol. The first kappa shape index (κ1) is 12.6. The maximum absolute atomic E-state index is 4.45. The summed E-state index contributed by atoms with van der Waals surface area (Å²) in [6.45, 7) is 2.11. The lowest BCUT2D eigenvalue weighted by atomic mass is 10.4. The predicted molar refractivity (Wildman–Crippen MR) is 81.3 cm³/mol. The summed E-state index contributed by atoms with van der Waals surface area (Å²) in [5.41, 5.74) is 1.25. The third-order valence-electron chi connectivity index (χ3n) is 2.74. The third kappa shape index (κ3) is 2.93. The first-order valence-electron chi connectivity index (χ1n) is 5.94. The number of thioether (sulfide) groups is 1. The second-order valence-corrected chi connectivity index (χ2v) is 6.02. The Balaban J connectivity index is 1.82. The van der Waals surface area contributed by atoms with Gasteiger partial charge in [-0.15, -0.1) is 11.8 Å². The van der Waals surface area contributed by atoms with Crippen molar-refractivity contribution in [1.82, 2.24) is 9.97 Å². The highest BCUT2D eigenvalue weighted by Gasteiger charge is 2.15. The summed E-state index contributed by atoms with van der Waals surface area (Å²) in [6.07, 6.45) is 3.67. The molecule has 3 heterocycles. The monoisotopic (exact) mass is 287 g/mol. The van der Waals surface area contributed by atoms with Gasteiger partial charge in [0.1, 0.15) is 10.8 Å². The number of rotatable bonds is 3. The number of anilines is 1. The van der Waals surface area contributed by atoms with Crippen LogP contribution in [0.15, 0.2) is 63.8 Å². The molecule has 1 aliphatic heterocycles. The average Bonchev–Trinajstić information content (AvgIpc) is 2.86. The SMILES string of the molecule is CC1=CSCN1c1cc(Sc2ccccn2)ccn1. The number of pyridine rings is 2. The lowest BCUT2D eigenvalue weighted by Gasteiger charge is -2.18. The molecule has 3 nitrogen and oxygen atoms in total. The first-order valence-corrected chi connectivity index (χ1v) is 7.80. The highest BCUT2D eigenvalue weighted by molar-refractivity contribution is 8.02. The van der Waals surface area contributed by atoms with E-state index < -0.39 is 0 Å². The van der Waals surface area contributed by atoms with E-state index in [4.69, 9.17) is 0 Å². The molecule has 0 fully saturated rings. The van der Waals surface area contributed by atoms with Gasteiger partial charge in [-0.25, -0.2) is 9.97 Å². The summed E-state index contributed by atoms with van der Waals surface area (Å²) in [5.74, 6) is 1.94. The fraction of sp³-hybridized carbons (Fsp3) is 0.143. The van der Waals surface area contributed by atoms with Crippen LogP contribution in [0.2, 0.25) is 0 Å². The van der Waals surface area contributed by atoms with Gasteiger partial charge in [0, 0.05) is 23.0 Å². The molecule has 0 aromatic carbocycles. The minimum Gasteiger partial charge on any atom is -0.320 e. The van der Waals surface area contributed by atoms with Crippen LogP contribution in [0, 0.1) is 0 Å². The van der Waals surface area contributed by atoms with Gasteiger partial charge < -0.3 is 4.90 Å². The number of hydrogen-bond acceptors (Lipinski definition) is 5. The van der Waals surface area contributed by atoms with E-state index in [9.17, 15) is 0 Å². The van der Waals surface area contributed by atoms with Crippen molar-refractivity contribution in [1.29, 1.82) is 0 Å². The fourth-order valence-corrected chi connectivity index (χ4v) is 3.51. The van der Waals surface area contributed by atoms with Crippen molar-refractivity contribution in [3.05, 3.63) is 53.8 Å². The Morgan fingerprint density at radius 2 is 2.16 bits per heavy atom. The minimum atomic E-state index is 0.941. The largest absolute Gasteiger partial charge is 0.320 e. The van der Waals surface area contributed by atoms with Gasteiger partial charge in [0.15, 0.2) is 0 Å². The number of hydrogen-bond donors (Lipinski definition) is 0. The van der Waals surface area contributed by atoms with Crippen molar-refractivity contribution in [3.63, 3.8) is 0 Å². The van der Waals surface area contributed by atoms with Crippen LogP contribution >= 0.6 is 23.5 Å². The summed E-state index contributed by atoms with van der Waals surface area (Å²) >= 11 is 3.46. The molecule has 0 aliphatic carbocycles. The van der Waals surface area contributed by atoms with E-state index in [-0.39, 0.29) is 0 Å². The molecule has 0 N–H and O–H groups in total. The molecule has 0 saturated heterocycles. The minimum absolute atomic E-state index is 0.941. The molecule has 0 spiro atoms. The summed E-state index contributed by atoms with van der Waals surface area (Å²) in [7, 11) is 0. The maximum Gasteiger partial charge on any atom is 0.134 e. The highest BCUT2D eigenvalue weighted by Crippen LogP contribution is 2.32. The Morgan fingerprint density at radius 3 is 2.89 bits per heavy atom. The van der Waals surface area contributed by atoms with Gasteiger partial charge in [-0.1, -0.05) is 17.8 Å². The van der Waals surface area contributed by atoms with Crippen molar-refractivity contribution in [2.75, 3.05) is 10.8 Å². The highest BCUT2D eigenvalue weighted by atomic mass is 32.2. The third-order valence-corrected chi connectivity index (χ3v) is 4.59. The molecule has 0 saturated carbocycles. The first-order chi connectivity index (χ1) is 9.33. The van der Waals surface area contributed by atoms with Crippen LogP contribution in [0.4, 0.5) is 5.82 Å². The van der Waals surface area contributed by atoms with Crippen molar-refractivity contribution in [2.24, 2.45) is 0 Å². The van der Waals surface area contributed by atoms with Crippen molar-refractivity contribution in [2.45, 2.75) is 16.8 Å². The van der Waals surface area contributed by atoms with Crippen LogP contribution in [0.25, 0.3) is 0 Å². The van der Waals surface area contributed by atoms with E-state index in [1.165, 1.54) is 5.70 Å². The van der Waals surface area contributed by atoms with Crippen LogP contribution in [0.1, 0.15) is 6.92 Å². The van der Waals surface area contributed by atoms with Crippen LogP contribution in [-0.4, -0.2) is 15.8 Å². The van der Waals surface area contributed by atoms with E-state index in [1.54, 1.807) is 23.5 Å². The second kappa shape index (κ2) is 5.67. The maximum atomic E-state index is 4.45. The Kier molecular flexibility index (Phi) is 3.75. The summed E-state index contributed by atoms with van der Waals surface area (Å²) in [6, 6.07) is 10.1. The van der Waals surface area contributed by atoms with E-state index in [0.717, 1.165) is 21.6 Å². The molecular formula is C14H13N3S2. The van der Waals surface area contributed by atoms with E-state index in [2.05, 4.69) is 33.3 Å². The zero-order valence-electron chi connectivity index (χ0n) is 10.5. The quantitative estimate of drug-likeness (QED) is 0.851. The van der Waals surface area contributed by atoms with Gasteiger partial charge in [0.05, 0.1) is 5.88 Å². The summed E-state index contributed by atoms with van der Waals surface area (Å²) in [4.78, 5) is 12.2. The van der Waals surface area contributed by atoms with Gasteiger partial charge in [0.25, 0.3) is 0 Å². The van der Waals surface area contributed by atoms with Crippen LogP contribution in [0.5, 0.6) is 0 Å². The van der Waals surface area contributed by atoms with E-state index in [0.29, 0.717) is 0 Å². The topological polar surface area (TPSA) is 29.0 Å². The van der Waals surface area contributed by atoms with Crippen molar-refractivity contribution in [3.8, 4) is 0 Å². The van der Waals surface area contributed by atoms with Gasteiger partial charge in [-0.2, -0.15) is 0 Å². The van der Waals surface area contributed by atoms with Crippen LogP contribution < -0.4 is 4.90 Å². The normalized spacial score (nSPS) is 14.6. The van der Waals surface area contributed by atoms with Crippen molar-refractivity contribution >= 4 is 29.3 Å². The molecule has 0 radical (unpaired) electrons. The Labute approximate surface area is 121 Å². The molecule has 0 atom stereocenters. The zero-order valence-corrected chi connectivity index (χ0v) is 12.1. The number of aromatic nitrogens is 2. The van der Waals surface area contributed by atoms with Gasteiger partial charge in [0.2, 0.25) is 0 Å². The molecule has 5 heteroatoms. The predicted octanol–water partition coefficient (Wildman–Crippen LogP) is 4.00. The van der Waals surface area contributed by atoms with Crippen molar-refractivity contribution < 1.29 is 0 Å². The van der Waals surface area contributed by atoms with E-state index >= 15 is 0 Å². The number of allylic oxidation sites excluding steroid dienone is 1. The summed E-state index contributed by atoms with van der Waals surface area (Å²) < 4.78 is 0. The fourth-order valence-electron chi connectivity index (χ4n) is 1.78. The Hall–Kier alpha value is -1.46. The smallest absolute Gasteiger partial charge is 0.134 e. The van der Waals surface area contributed by atoms with Gasteiger partial charge in [-0.05, 0) is 36.6 Å². The zero-order chi connectivity index (χ0) is 13.1. The molecule has 19 heavy (non-hydrogen) atoms. The molecule has 96 valence electrons. The molecule has 3 rings (SSSR count). The molecule has 1 aliphatic rings. The van der Waals surface area contributed by atoms with Gasteiger partial charge >= 0.3 is 0 Å². The molecule has 0 amide bonds. The summed E-state index contributed by atoms with van der Waals surface area (Å²) in [5, 5.41) is 3.17. The van der Waals surface area contributed by atoms with E-state index in [1.807, 2.05) is 36.7 Å². The Bertz CT molecular complexity index is 599. The average molecular weight is 287 g/mol. The number of nitrogens with zero attached hydrogens (tertiary/aromatic N) is 3. The second-order valence-electron chi connectivity index (χ2n) is 4.10. The van der Waals surface area contributed by atoms with Crippen LogP contribution in [-0.2, 0) is 0 Å². The molecule has 2 aromatic heterocycles. The lowest BCUT2D eigenvalue weighted by molar-refractivity contribution is 1.03. The standard InChI is InChI=1S/C14H13N3S2/c1-11-9-18-10-17(11)13-8-12(5-7-15-13)19-14-4-2-3-6-16-14/h2-9H,10H2,1H3. The lowest BCUT2D eigenvalue weighted by Crippen LogP contribution is -2.16. The molecule has 0 bridgehead atoms.